The highest BCUT2D eigenvalue weighted by molar-refractivity contribution is 5.89. The van der Waals surface area contributed by atoms with Crippen LogP contribution in [-0.2, 0) is 4.74 Å². The molecule has 2 rings (SSSR count). The topological polar surface area (TPSA) is 26.3 Å². The quantitative estimate of drug-likeness (QED) is 0.643. The fourth-order valence-corrected chi connectivity index (χ4v) is 2.52. The van der Waals surface area contributed by atoms with Crippen molar-refractivity contribution >= 4 is 11.5 Å². The lowest BCUT2D eigenvalue weighted by Gasteiger charge is -2.25. The third-order valence-corrected chi connectivity index (χ3v) is 3.90. The zero-order valence-corrected chi connectivity index (χ0v) is 13.9. The Morgan fingerprint density at radius 3 is 2.04 bits per heavy atom. The van der Waals surface area contributed by atoms with Crippen molar-refractivity contribution in [3.63, 3.8) is 0 Å². The van der Waals surface area contributed by atoms with E-state index in [0.717, 1.165) is 18.4 Å². The highest BCUT2D eigenvalue weighted by Gasteiger charge is 2.20. The van der Waals surface area contributed by atoms with Gasteiger partial charge in [0.1, 0.15) is 0 Å². The standard InChI is InChI=1S/C21H24O2/c1-17(18-10-6-4-7-11-18)16-21(2,3)14-15-23-20(22)19-12-8-5-9-13-19/h4-13H,1,14-16H2,2-3H3. The number of esters is 1. The molecule has 0 saturated carbocycles. The molecule has 0 unspecified atom stereocenters. The molecule has 0 radical (unpaired) electrons. The summed E-state index contributed by atoms with van der Waals surface area (Å²) < 4.78 is 5.38. The molecule has 0 bridgehead atoms. The van der Waals surface area contributed by atoms with Crippen LogP contribution in [0, 0.1) is 5.41 Å². The van der Waals surface area contributed by atoms with Gasteiger partial charge in [-0.1, -0.05) is 69.0 Å². The highest BCUT2D eigenvalue weighted by atomic mass is 16.5. The van der Waals surface area contributed by atoms with Crippen molar-refractivity contribution in [1.82, 2.24) is 0 Å². The minimum absolute atomic E-state index is 0.0316. The number of benzene rings is 2. The summed E-state index contributed by atoms with van der Waals surface area (Å²) in [7, 11) is 0. The molecule has 0 aliphatic heterocycles. The highest BCUT2D eigenvalue weighted by Crippen LogP contribution is 2.32. The summed E-state index contributed by atoms with van der Waals surface area (Å²) in [5.41, 5.74) is 2.91. The molecule has 0 aliphatic rings. The van der Waals surface area contributed by atoms with Gasteiger partial charge in [0.05, 0.1) is 12.2 Å². The number of hydrogen-bond acceptors (Lipinski definition) is 2. The average Bonchev–Trinajstić information content (AvgIpc) is 2.55. The molecule has 2 heteroatoms. The van der Waals surface area contributed by atoms with Crippen molar-refractivity contribution in [2.75, 3.05) is 6.61 Å². The maximum Gasteiger partial charge on any atom is 0.338 e. The number of hydrogen-bond donors (Lipinski definition) is 0. The van der Waals surface area contributed by atoms with Gasteiger partial charge in [-0.25, -0.2) is 4.79 Å². The minimum Gasteiger partial charge on any atom is -0.462 e. The predicted octanol–water partition coefficient (Wildman–Crippen LogP) is 5.36. The first-order valence-corrected chi connectivity index (χ1v) is 7.93. The summed E-state index contributed by atoms with van der Waals surface area (Å²) in [4.78, 5) is 11.9. The van der Waals surface area contributed by atoms with Crippen LogP contribution in [0.5, 0.6) is 0 Å². The maximum atomic E-state index is 11.9. The van der Waals surface area contributed by atoms with Gasteiger partial charge in [-0.05, 0) is 41.5 Å². The number of ether oxygens (including phenoxy) is 1. The van der Waals surface area contributed by atoms with Crippen LogP contribution < -0.4 is 0 Å². The van der Waals surface area contributed by atoms with Crippen molar-refractivity contribution in [1.29, 1.82) is 0 Å². The predicted molar refractivity (Wildman–Crippen MR) is 95.2 cm³/mol. The van der Waals surface area contributed by atoms with Gasteiger partial charge in [0.2, 0.25) is 0 Å². The van der Waals surface area contributed by atoms with Crippen molar-refractivity contribution in [3.8, 4) is 0 Å². The molecular formula is C21H24O2. The minimum atomic E-state index is -0.261. The van der Waals surface area contributed by atoms with E-state index < -0.39 is 0 Å². The second kappa shape index (κ2) is 7.77. The third-order valence-electron chi connectivity index (χ3n) is 3.90. The number of carbonyl (C=O) groups is 1. The molecule has 0 heterocycles. The first kappa shape index (κ1) is 17.0. The van der Waals surface area contributed by atoms with E-state index >= 15 is 0 Å². The van der Waals surface area contributed by atoms with Crippen LogP contribution in [0.15, 0.2) is 67.2 Å². The third kappa shape index (κ3) is 5.41. The van der Waals surface area contributed by atoms with Gasteiger partial charge < -0.3 is 4.74 Å². The van der Waals surface area contributed by atoms with E-state index in [0.29, 0.717) is 12.2 Å². The van der Waals surface area contributed by atoms with Gasteiger partial charge in [-0.2, -0.15) is 0 Å². The Hall–Kier alpha value is -2.35. The number of carbonyl (C=O) groups excluding carboxylic acids is 1. The second-order valence-electron chi connectivity index (χ2n) is 6.56. The van der Waals surface area contributed by atoms with Crippen LogP contribution in [0.3, 0.4) is 0 Å². The molecule has 0 saturated heterocycles. The van der Waals surface area contributed by atoms with Crippen LogP contribution >= 0.6 is 0 Å². The first-order chi connectivity index (χ1) is 11.0. The Morgan fingerprint density at radius 1 is 0.957 bits per heavy atom. The lowest BCUT2D eigenvalue weighted by Crippen LogP contribution is -2.17. The summed E-state index contributed by atoms with van der Waals surface area (Å²) in [6.45, 7) is 8.97. The van der Waals surface area contributed by atoms with Gasteiger partial charge in [-0.15, -0.1) is 0 Å². The molecule has 0 fully saturated rings. The van der Waals surface area contributed by atoms with E-state index in [-0.39, 0.29) is 11.4 Å². The molecule has 120 valence electrons. The van der Waals surface area contributed by atoms with Crippen LogP contribution in [0.4, 0.5) is 0 Å². The maximum absolute atomic E-state index is 11.9. The molecule has 0 amide bonds. The van der Waals surface area contributed by atoms with E-state index in [1.54, 1.807) is 12.1 Å². The normalized spacial score (nSPS) is 11.0. The van der Waals surface area contributed by atoms with Gasteiger partial charge in [0.15, 0.2) is 0 Å². The summed E-state index contributed by atoms with van der Waals surface area (Å²) in [6.07, 6.45) is 1.68. The molecule has 2 aromatic carbocycles. The Kier molecular flexibility index (Phi) is 5.75. The second-order valence-corrected chi connectivity index (χ2v) is 6.56. The summed E-state index contributed by atoms with van der Waals surface area (Å²) in [5.74, 6) is -0.261. The van der Waals surface area contributed by atoms with Crippen molar-refractivity contribution in [2.45, 2.75) is 26.7 Å². The smallest absolute Gasteiger partial charge is 0.338 e. The molecule has 23 heavy (non-hydrogen) atoms. The van der Waals surface area contributed by atoms with Gasteiger partial charge in [-0.3, -0.25) is 0 Å². The SMILES string of the molecule is C=C(CC(C)(C)CCOC(=O)c1ccccc1)c1ccccc1. The fraction of sp³-hybridized carbons (Fsp3) is 0.286. The van der Waals surface area contributed by atoms with Crippen molar-refractivity contribution < 1.29 is 9.53 Å². The van der Waals surface area contributed by atoms with E-state index in [1.807, 2.05) is 36.4 Å². The summed E-state index contributed by atoms with van der Waals surface area (Å²) in [5, 5.41) is 0. The van der Waals surface area contributed by atoms with E-state index in [4.69, 9.17) is 4.74 Å². The van der Waals surface area contributed by atoms with Crippen molar-refractivity contribution in [3.05, 3.63) is 78.4 Å². The van der Waals surface area contributed by atoms with E-state index in [9.17, 15) is 4.79 Å². The Balaban J connectivity index is 1.82. The Morgan fingerprint density at radius 2 is 1.48 bits per heavy atom. The molecule has 2 nitrogen and oxygen atoms in total. The zero-order chi connectivity index (χ0) is 16.7. The number of rotatable bonds is 7. The molecular weight excluding hydrogens is 284 g/mol. The first-order valence-electron chi connectivity index (χ1n) is 7.93. The fourth-order valence-electron chi connectivity index (χ4n) is 2.52. The van der Waals surface area contributed by atoms with Crippen LogP contribution in [0.25, 0.3) is 5.57 Å². The summed E-state index contributed by atoms with van der Waals surface area (Å²) >= 11 is 0. The largest absolute Gasteiger partial charge is 0.462 e. The molecule has 0 atom stereocenters. The van der Waals surface area contributed by atoms with Crippen LogP contribution in [0.1, 0.15) is 42.6 Å². The van der Waals surface area contributed by atoms with Crippen LogP contribution in [0.2, 0.25) is 0 Å². The lowest BCUT2D eigenvalue weighted by molar-refractivity contribution is 0.0460. The monoisotopic (exact) mass is 308 g/mol. The zero-order valence-electron chi connectivity index (χ0n) is 13.9. The lowest BCUT2D eigenvalue weighted by atomic mass is 9.81. The van der Waals surface area contributed by atoms with Gasteiger partial charge in [0.25, 0.3) is 0 Å². The van der Waals surface area contributed by atoms with Crippen molar-refractivity contribution in [2.24, 2.45) is 5.41 Å². The Labute approximate surface area is 138 Å². The van der Waals surface area contributed by atoms with Gasteiger partial charge in [0, 0.05) is 0 Å². The molecule has 0 aromatic heterocycles. The van der Waals surface area contributed by atoms with Crippen LogP contribution in [-0.4, -0.2) is 12.6 Å². The summed E-state index contributed by atoms with van der Waals surface area (Å²) in [6, 6.07) is 19.3. The molecule has 0 N–H and O–H groups in total. The molecule has 0 aliphatic carbocycles. The average molecular weight is 308 g/mol. The molecule has 2 aromatic rings. The van der Waals surface area contributed by atoms with E-state index in [1.165, 1.54) is 5.56 Å². The number of allylic oxidation sites excluding steroid dienone is 1. The molecule has 0 spiro atoms. The van der Waals surface area contributed by atoms with Gasteiger partial charge >= 0.3 is 5.97 Å². The Bertz CT molecular complexity index is 642. The van der Waals surface area contributed by atoms with E-state index in [2.05, 4.69) is 32.6 Å².